The first kappa shape index (κ1) is 13.5. The van der Waals surface area contributed by atoms with E-state index in [1.165, 1.54) is 10.9 Å². The van der Waals surface area contributed by atoms with E-state index in [4.69, 9.17) is 4.74 Å². The molecule has 1 aliphatic heterocycles. The zero-order valence-electron chi connectivity index (χ0n) is 12.2. The molecule has 1 aliphatic rings. The normalized spacial score (nSPS) is 24.1. The fraction of sp³-hybridized carbons (Fsp3) is 0.471. The lowest BCUT2D eigenvalue weighted by molar-refractivity contribution is 0.0320. The van der Waals surface area contributed by atoms with Gasteiger partial charge in [0.1, 0.15) is 0 Å². The molecule has 2 heterocycles. The molecule has 1 N–H and O–H groups in total. The van der Waals surface area contributed by atoms with Gasteiger partial charge >= 0.3 is 0 Å². The Balaban J connectivity index is 1.92. The number of aromatic nitrogens is 1. The average Bonchev–Trinajstić information content (AvgIpc) is 2.90. The molecule has 1 aromatic carbocycles. The summed E-state index contributed by atoms with van der Waals surface area (Å²) in [5.41, 5.74) is 2.35. The van der Waals surface area contributed by atoms with Gasteiger partial charge in [0.15, 0.2) is 0 Å². The van der Waals surface area contributed by atoms with Crippen LogP contribution in [0.2, 0.25) is 0 Å². The second-order valence-electron chi connectivity index (χ2n) is 5.55. The molecule has 3 atom stereocenters. The van der Waals surface area contributed by atoms with Crippen molar-refractivity contribution < 1.29 is 4.74 Å². The molecule has 0 spiro atoms. The largest absolute Gasteiger partial charge is 0.373 e. The minimum absolute atomic E-state index is 0.273. The van der Waals surface area contributed by atoms with Gasteiger partial charge in [0.25, 0.3) is 0 Å². The number of rotatable bonds is 4. The van der Waals surface area contributed by atoms with Crippen LogP contribution >= 0.6 is 0 Å². The van der Waals surface area contributed by atoms with Gasteiger partial charge in [-0.3, -0.25) is 4.98 Å². The predicted octanol–water partition coefficient (Wildman–Crippen LogP) is 3.45. The number of benzene rings is 1. The Kier molecular flexibility index (Phi) is 3.99. The van der Waals surface area contributed by atoms with Crippen LogP contribution in [0.25, 0.3) is 10.9 Å². The van der Waals surface area contributed by atoms with Crippen LogP contribution in [0.15, 0.2) is 36.5 Å². The SMILES string of the molecule is CCNC(c1ccc2ncccc2c1)C1CCC(C)O1. The Morgan fingerprint density at radius 2 is 2.25 bits per heavy atom. The van der Waals surface area contributed by atoms with Crippen molar-refractivity contribution >= 4 is 10.9 Å². The standard InChI is InChI=1S/C17H22N2O/c1-3-18-17(16-9-6-12(2)20-16)14-7-8-15-13(11-14)5-4-10-19-15/h4-5,7-8,10-12,16-18H,3,6,9H2,1-2H3. The fourth-order valence-electron chi connectivity index (χ4n) is 3.05. The molecule has 0 aliphatic carbocycles. The summed E-state index contributed by atoms with van der Waals surface area (Å²) in [7, 11) is 0. The lowest BCUT2D eigenvalue weighted by atomic mass is 9.97. The molecule has 1 aromatic heterocycles. The lowest BCUT2D eigenvalue weighted by Crippen LogP contribution is -2.32. The number of ether oxygens (including phenoxy) is 1. The molecule has 2 aromatic rings. The van der Waals surface area contributed by atoms with E-state index < -0.39 is 0 Å². The van der Waals surface area contributed by atoms with E-state index in [0.717, 1.165) is 24.9 Å². The van der Waals surface area contributed by atoms with Crippen molar-refractivity contribution in [2.45, 2.75) is 44.9 Å². The highest BCUT2D eigenvalue weighted by Gasteiger charge is 2.30. The third-order valence-corrected chi connectivity index (χ3v) is 4.05. The third-order valence-electron chi connectivity index (χ3n) is 4.05. The maximum atomic E-state index is 6.06. The lowest BCUT2D eigenvalue weighted by Gasteiger charge is -2.25. The Hall–Kier alpha value is -1.45. The van der Waals surface area contributed by atoms with Gasteiger partial charge in [-0.2, -0.15) is 0 Å². The molecule has 3 nitrogen and oxygen atoms in total. The molecule has 3 heteroatoms. The van der Waals surface area contributed by atoms with Crippen LogP contribution in [0.3, 0.4) is 0 Å². The van der Waals surface area contributed by atoms with Gasteiger partial charge in [-0.25, -0.2) is 0 Å². The number of hydrogen-bond donors (Lipinski definition) is 1. The number of fused-ring (bicyclic) bond motifs is 1. The van der Waals surface area contributed by atoms with Crippen molar-refractivity contribution in [3.63, 3.8) is 0 Å². The molecule has 3 unspecified atom stereocenters. The molecule has 3 rings (SSSR count). The van der Waals surface area contributed by atoms with Gasteiger partial charge in [0, 0.05) is 11.6 Å². The minimum atomic E-state index is 0.273. The highest BCUT2D eigenvalue weighted by molar-refractivity contribution is 5.79. The van der Waals surface area contributed by atoms with Gasteiger partial charge in [-0.15, -0.1) is 0 Å². The van der Waals surface area contributed by atoms with E-state index >= 15 is 0 Å². The fourth-order valence-corrected chi connectivity index (χ4v) is 3.05. The third kappa shape index (κ3) is 2.69. The van der Waals surface area contributed by atoms with Crippen molar-refractivity contribution in [1.29, 1.82) is 0 Å². The van der Waals surface area contributed by atoms with Crippen LogP contribution in [0, 0.1) is 0 Å². The van der Waals surface area contributed by atoms with Gasteiger partial charge in [-0.05, 0) is 50.1 Å². The molecule has 0 saturated carbocycles. The van der Waals surface area contributed by atoms with Crippen molar-refractivity contribution in [2.75, 3.05) is 6.54 Å². The molecule has 20 heavy (non-hydrogen) atoms. The molecule has 106 valence electrons. The second kappa shape index (κ2) is 5.90. The molecular weight excluding hydrogens is 248 g/mol. The quantitative estimate of drug-likeness (QED) is 0.924. The van der Waals surface area contributed by atoms with Crippen LogP contribution in [-0.4, -0.2) is 23.7 Å². The first-order valence-electron chi connectivity index (χ1n) is 7.51. The zero-order valence-corrected chi connectivity index (χ0v) is 12.2. The van der Waals surface area contributed by atoms with Crippen LogP contribution in [0.5, 0.6) is 0 Å². The summed E-state index contributed by atoms with van der Waals surface area (Å²) in [5, 5.41) is 4.77. The molecule has 1 fully saturated rings. The van der Waals surface area contributed by atoms with E-state index in [9.17, 15) is 0 Å². The Morgan fingerprint density at radius 3 is 3.00 bits per heavy atom. The summed E-state index contributed by atoms with van der Waals surface area (Å²) in [5.74, 6) is 0. The van der Waals surface area contributed by atoms with Crippen molar-refractivity contribution in [2.24, 2.45) is 0 Å². The number of pyridine rings is 1. The summed E-state index contributed by atoms with van der Waals surface area (Å²) in [6.45, 7) is 5.26. The zero-order chi connectivity index (χ0) is 13.9. The van der Waals surface area contributed by atoms with Crippen LogP contribution in [-0.2, 0) is 4.74 Å². The summed E-state index contributed by atoms with van der Waals surface area (Å²) >= 11 is 0. The topological polar surface area (TPSA) is 34.2 Å². The van der Waals surface area contributed by atoms with E-state index in [1.54, 1.807) is 0 Å². The van der Waals surface area contributed by atoms with Crippen LogP contribution < -0.4 is 5.32 Å². The van der Waals surface area contributed by atoms with E-state index in [1.807, 2.05) is 12.3 Å². The minimum Gasteiger partial charge on any atom is -0.373 e. The molecular formula is C17H22N2O. The monoisotopic (exact) mass is 270 g/mol. The number of likely N-dealkylation sites (N-methyl/N-ethyl adjacent to an activating group) is 1. The van der Waals surface area contributed by atoms with Crippen LogP contribution in [0.1, 0.15) is 38.3 Å². The Bertz CT molecular complexity index is 584. The van der Waals surface area contributed by atoms with Crippen molar-refractivity contribution in [1.82, 2.24) is 10.3 Å². The summed E-state index contributed by atoms with van der Waals surface area (Å²) in [6, 6.07) is 10.9. The van der Waals surface area contributed by atoms with Gasteiger partial charge < -0.3 is 10.1 Å². The molecule has 0 amide bonds. The van der Waals surface area contributed by atoms with E-state index in [2.05, 4.69) is 48.4 Å². The smallest absolute Gasteiger partial charge is 0.0774 e. The second-order valence-corrected chi connectivity index (χ2v) is 5.55. The van der Waals surface area contributed by atoms with Crippen molar-refractivity contribution in [3.8, 4) is 0 Å². The first-order chi connectivity index (χ1) is 9.78. The molecule has 0 bridgehead atoms. The summed E-state index contributed by atoms with van der Waals surface area (Å²) in [4.78, 5) is 4.39. The predicted molar refractivity (Wildman–Crippen MR) is 81.7 cm³/mol. The highest BCUT2D eigenvalue weighted by atomic mass is 16.5. The van der Waals surface area contributed by atoms with E-state index in [-0.39, 0.29) is 12.1 Å². The Morgan fingerprint density at radius 1 is 1.35 bits per heavy atom. The molecule has 1 saturated heterocycles. The highest BCUT2D eigenvalue weighted by Crippen LogP contribution is 2.31. The first-order valence-corrected chi connectivity index (χ1v) is 7.51. The van der Waals surface area contributed by atoms with Crippen LogP contribution in [0.4, 0.5) is 0 Å². The summed E-state index contributed by atoms with van der Waals surface area (Å²) in [6.07, 6.45) is 4.78. The maximum Gasteiger partial charge on any atom is 0.0774 e. The number of nitrogens with zero attached hydrogens (tertiary/aromatic N) is 1. The van der Waals surface area contributed by atoms with E-state index in [0.29, 0.717) is 6.10 Å². The number of nitrogens with one attached hydrogen (secondary N) is 1. The van der Waals surface area contributed by atoms with Gasteiger partial charge in [0.05, 0.1) is 23.8 Å². The Labute approximate surface area is 120 Å². The average molecular weight is 270 g/mol. The number of hydrogen-bond acceptors (Lipinski definition) is 3. The van der Waals surface area contributed by atoms with Gasteiger partial charge in [-0.1, -0.05) is 19.1 Å². The summed E-state index contributed by atoms with van der Waals surface area (Å²) < 4.78 is 6.06. The molecule has 0 radical (unpaired) electrons. The maximum absolute atomic E-state index is 6.06. The van der Waals surface area contributed by atoms with Gasteiger partial charge in [0.2, 0.25) is 0 Å². The van der Waals surface area contributed by atoms with Crippen molar-refractivity contribution in [3.05, 3.63) is 42.1 Å².